The summed E-state index contributed by atoms with van der Waals surface area (Å²) < 4.78 is 0. The summed E-state index contributed by atoms with van der Waals surface area (Å²) in [5.41, 5.74) is 0.0818. The molecule has 0 atom stereocenters. The van der Waals surface area contributed by atoms with Crippen LogP contribution in [-0.4, -0.2) is 22.6 Å². The highest BCUT2D eigenvalue weighted by molar-refractivity contribution is 6.29. The van der Waals surface area contributed by atoms with Crippen molar-refractivity contribution >= 4 is 17.4 Å². The van der Waals surface area contributed by atoms with E-state index in [2.05, 4.69) is 42.7 Å². The second kappa shape index (κ2) is 4.45. The van der Waals surface area contributed by atoms with Crippen molar-refractivity contribution in [1.82, 2.24) is 9.97 Å². The largest absolute Gasteiger partial charge is 0.354 e. The fourth-order valence-corrected chi connectivity index (χ4v) is 1.85. The third-order valence-electron chi connectivity index (χ3n) is 3.76. The number of nitrogens with zero attached hydrogens (tertiary/aromatic N) is 3. The lowest BCUT2D eigenvalue weighted by molar-refractivity contribution is 0.466. The predicted molar refractivity (Wildman–Crippen MR) is 71.8 cm³/mol. The van der Waals surface area contributed by atoms with Gasteiger partial charge in [-0.3, -0.25) is 0 Å². The predicted octanol–water partition coefficient (Wildman–Crippen LogP) is 3.63. The van der Waals surface area contributed by atoms with Crippen LogP contribution in [0.15, 0.2) is 6.07 Å². The van der Waals surface area contributed by atoms with Gasteiger partial charge < -0.3 is 4.90 Å². The minimum absolute atomic E-state index is 0.0818. The Morgan fingerprint density at radius 2 is 2.06 bits per heavy atom. The molecule has 4 heteroatoms. The first-order valence-electron chi connectivity index (χ1n) is 6.22. The van der Waals surface area contributed by atoms with Gasteiger partial charge in [-0.2, -0.15) is 0 Å². The zero-order valence-corrected chi connectivity index (χ0v) is 11.8. The molecule has 0 radical (unpaired) electrons. The summed E-state index contributed by atoms with van der Waals surface area (Å²) in [5.74, 6) is 2.37. The summed E-state index contributed by atoms with van der Waals surface area (Å²) in [4.78, 5) is 11.1. The summed E-state index contributed by atoms with van der Waals surface area (Å²) >= 11 is 6.08. The minimum atomic E-state index is 0.0818. The third kappa shape index (κ3) is 2.71. The first-order chi connectivity index (χ1) is 7.94. The van der Waals surface area contributed by atoms with Crippen LogP contribution in [0.5, 0.6) is 0 Å². The van der Waals surface area contributed by atoms with Crippen LogP contribution in [0, 0.1) is 0 Å². The molecule has 1 heterocycles. The topological polar surface area (TPSA) is 29.0 Å². The van der Waals surface area contributed by atoms with E-state index in [0.717, 1.165) is 18.1 Å². The smallest absolute Gasteiger partial charge is 0.135 e. The Labute approximate surface area is 108 Å². The number of anilines is 1. The summed E-state index contributed by atoms with van der Waals surface area (Å²) in [6.07, 6.45) is 3.45. The van der Waals surface area contributed by atoms with Crippen LogP contribution in [0.3, 0.4) is 0 Å². The van der Waals surface area contributed by atoms with Crippen LogP contribution in [0.25, 0.3) is 0 Å². The van der Waals surface area contributed by atoms with Crippen molar-refractivity contribution in [2.45, 2.75) is 51.5 Å². The van der Waals surface area contributed by atoms with Crippen molar-refractivity contribution in [3.05, 3.63) is 17.0 Å². The molecule has 3 nitrogen and oxygen atoms in total. The molecule has 1 saturated carbocycles. The van der Waals surface area contributed by atoms with E-state index >= 15 is 0 Å². The van der Waals surface area contributed by atoms with E-state index in [0.29, 0.717) is 11.1 Å². The van der Waals surface area contributed by atoms with Crippen molar-refractivity contribution in [1.29, 1.82) is 0 Å². The van der Waals surface area contributed by atoms with Crippen LogP contribution in [-0.2, 0) is 0 Å². The summed E-state index contributed by atoms with van der Waals surface area (Å²) in [6.45, 7) is 6.60. The third-order valence-corrected chi connectivity index (χ3v) is 3.95. The fraction of sp³-hybridized carbons (Fsp3) is 0.692. The molecule has 2 rings (SSSR count). The Morgan fingerprint density at radius 1 is 1.41 bits per heavy atom. The highest BCUT2D eigenvalue weighted by Crippen LogP contribution is 2.39. The molecule has 0 aliphatic heterocycles. The molecule has 17 heavy (non-hydrogen) atoms. The van der Waals surface area contributed by atoms with Gasteiger partial charge >= 0.3 is 0 Å². The highest BCUT2D eigenvalue weighted by atomic mass is 35.5. The Morgan fingerprint density at radius 3 is 2.59 bits per heavy atom. The molecule has 0 aromatic carbocycles. The second-order valence-corrected chi connectivity index (χ2v) is 5.79. The fourth-order valence-electron chi connectivity index (χ4n) is 1.67. The van der Waals surface area contributed by atoms with Gasteiger partial charge in [-0.1, -0.05) is 18.5 Å². The molecule has 0 spiro atoms. The van der Waals surface area contributed by atoms with E-state index in [1.807, 2.05) is 6.07 Å². The molecule has 0 N–H and O–H groups in total. The molecule has 0 unspecified atom stereocenters. The van der Waals surface area contributed by atoms with Crippen LogP contribution >= 0.6 is 11.6 Å². The lowest BCUT2D eigenvalue weighted by Crippen LogP contribution is -2.41. The maximum atomic E-state index is 6.08. The number of hydrogen-bond acceptors (Lipinski definition) is 3. The molecule has 0 saturated heterocycles. The molecule has 1 aromatic rings. The average Bonchev–Trinajstić information content (AvgIpc) is 3.11. The van der Waals surface area contributed by atoms with Gasteiger partial charge in [0.15, 0.2) is 0 Å². The van der Waals surface area contributed by atoms with Gasteiger partial charge in [-0.15, -0.1) is 0 Å². The lowest BCUT2D eigenvalue weighted by Gasteiger charge is -2.36. The molecule has 94 valence electrons. The Hall–Kier alpha value is -0.830. The zero-order chi connectivity index (χ0) is 12.6. The summed E-state index contributed by atoms with van der Waals surface area (Å²) in [5, 5.41) is 0.552. The second-order valence-electron chi connectivity index (χ2n) is 5.41. The SMILES string of the molecule is CCC(C)(C)N(C)c1cc(Cl)nc(C2CC2)n1. The van der Waals surface area contributed by atoms with E-state index in [9.17, 15) is 0 Å². The van der Waals surface area contributed by atoms with Gasteiger partial charge in [0, 0.05) is 24.6 Å². The first kappa shape index (κ1) is 12.6. The van der Waals surface area contributed by atoms with Gasteiger partial charge in [-0.05, 0) is 33.1 Å². The monoisotopic (exact) mass is 253 g/mol. The molecule has 1 fully saturated rings. The molecule has 1 aliphatic carbocycles. The molecule has 0 bridgehead atoms. The standard InChI is InChI=1S/C13H20ClN3/c1-5-13(2,3)17(4)11-8-10(14)15-12(16-11)9-6-7-9/h8-9H,5-7H2,1-4H3. The van der Waals surface area contributed by atoms with Crippen LogP contribution in [0.4, 0.5) is 5.82 Å². The van der Waals surface area contributed by atoms with Crippen molar-refractivity contribution < 1.29 is 0 Å². The van der Waals surface area contributed by atoms with Gasteiger partial charge in [-0.25, -0.2) is 9.97 Å². The molecule has 1 aliphatic rings. The van der Waals surface area contributed by atoms with Gasteiger partial charge in [0.05, 0.1) is 0 Å². The van der Waals surface area contributed by atoms with Gasteiger partial charge in [0.1, 0.15) is 16.8 Å². The van der Waals surface area contributed by atoms with E-state index in [1.54, 1.807) is 0 Å². The number of aromatic nitrogens is 2. The van der Waals surface area contributed by atoms with E-state index in [1.165, 1.54) is 12.8 Å². The van der Waals surface area contributed by atoms with Gasteiger partial charge in [0.25, 0.3) is 0 Å². The van der Waals surface area contributed by atoms with Crippen LogP contribution in [0.1, 0.15) is 51.8 Å². The maximum Gasteiger partial charge on any atom is 0.135 e. The number of halogens is 1. The molecule has 0 amide bonds. The Balaban J connectivity index is 2.31. The summed E-state index contributed by atoms with van der Waals surface area (Å²) in [6, 6.07) is 1.85. The van der Waals surface area contributed by atoms with E-state index < -0.39 is 0 Å². The average molecular weight is 254 g/mol. The minimum Gasteiger partial charge on any atom is -0.354 e. The van der Waals surface area contributed by atoms with Crippen LogP contribution in [0.2, 0.25) is 5.15 Å². The first-order valence-corrected chi connectivity index (χ1v) is 6.60. The Kier molecular flexibility index (Phi) is 3.30. The quantitative estimate of drug-likeness (QED) is 0.768. The van der Waals surface area contributed by atoms with Gasteiger partial charge in [0.2, 0.25) is 0 Å². The van der Waals surface area contributed by atoms with Crippen molar-refractivity contribution in [3.8, 4) is 0 Å². The Bertz CT molecular complexity index is 413. The van der Waals surface area contributed by atoms with Crippen molar-refractivity contribution in [2.24, 2.45) is 0 Å². The normalized spacial score (nSPS) is 16.1. The number of rotatable bonds is 4. The zero-order valence-electron chi connectivity index (χ0n) is 11.0. The maximum absolute atomic E-state index is 6.08. The molecular weight excluding hydrogens is 234 g/mol. The summed E-state index contributed by atoms with van der Waals surface area (Å²) in [7, 11) is 2.07. The molecular formula is C13H20ClN3. The van der Waals surface area contributed by atoms with Crippen LogP contribution < -0.4 is 4.90 Å². The van der Waals surface area contributed by atoms with Crippen molar-refractivity contribution in [3.63, 3.8) is 0 Å². The lowest BCUT2D eigenvalue weighted by atomic mass is 10.0. The molecule has 1 aromatic heterocycles. The number of hydrogen-bond donors (Lipinski definition) is 0. The van der Waals surface area contributed by atoms with E-state index in [-0.39, 0.29) is 5.54 Å². The van der Waals surface area contributed by atoms with E-state index in [4.69, 9.17) is 11.6 Å². The highest BCUT2D eigenvalue weighted by Gasteiger charge is 2.29. The van der Waals surface area contributed by atoms with Crippen molar-refractivity contribution in [2.75, 3.05) is 11.9 Å².